The smallest absolute Gasteiger partial charge is 0.0725 e. The summed E-state index contributed by atoms with van der Waals surface area (Å²) < 4.78 is 0. The molecule has 0 bridgehead atoms. The largest absolute Gasteiger partial charge is 0.396 e. The van der Waals surface area contributed by atoms with E-state index in [-0.39, 0.29) is 6.61 Å². The Bertz CT molecular complexity index is 482. The molecule has 84 valence electrons. The van der Waals surface area contributed by atoms with E-state index in [2.05, 4.69) is 16.4 Å². The van der Waals surface area contributed by atoms with E-state index in [4.69, 9.17) is 5.11 Å². The number of nitrogens with zero attached hydrogens (tertiary/aromatic N) is 1. The van der Waals surface area contributed by atoms with Gasteiger partial charge in [0.25, 0.3) is 0 Å². The van der Waals surface area contributed by atoms with Gasteiger partial charge in [0.15, 0.2) is 0 Å². The Morgan fingerprint density at radius 2 is 2.12 bits per heavy atom. The van der Waals surface area contributed by atoms with Crippen molar-refractivity contribution in [2.45, 2.75) is 13.3 Å². The van der Waals surface area contributed by atoms with Gasteiger partial charge in [-0.1, -0.05) is 18.2 Å². The summed E-state index contributed by atoms with van der Waals surface area (Å²) >= 11 is 0. The van der Waals surface area contributed by atoms with Crippen molar-refractivity contribution in [2.24, 2.45) is 0 Å². The van der Waals surface area contributed by atoms with Crippen molar-refractivity contribution in [1.82, 2.24) is 4.98 Å². The van der Waals surface area contributed by atoms with Crippen LogP contribution in [0, 0.1) is 6.92 Å². The number of hydrogen-bond donors (Lipinski definition) is 2. The Labute approximate surface area is 95.1 Å². The number of rotatable bonds is 4. The normalized spacial score (nSPS) is 10.6. The molecule has 0 atom stereocenters. The van der Waals surface area contributed by atoms with Gasteiger partial charge in [-0.15, -0.1) is 0 Å². The van der Waals surface area contributed by atoms with Crippen LogP contribution in [-0.4, -0.2) is 23.2 Å². The minimum atomic E-state index is 0.217. The molecule has 2 N–H and O–H groups in total. The molecule has 1 aromatic heterocycles. The van der Waals surface area contributed by atoms with E-state index in [9.17, 15) is 0 Å². The fraction of sp³-hybridized carbons (Fsp3) is 0.308. The van der Waals surface area contributed by atoms with E-state index in [0.29, 0.717) is 0 Å². The van der Waals surface area contributed by atoms with Gasteiger partial charge >= 0.3 is 0 Å². The summed E-state index contributed by atoms with van der Waals surface area (Å²) in [5.41, 5.74) is 3.11. The van der Waals surface area contributed by atoms with Gasteiger partial charge in [-0.2, -0.15) is 0 Å². The maximum atomic E-state index is 8.76. The van der Waals surface area contributed by atoms with Crippen LogP contribution in [0.1, 0.15) is 12.1 Å². The van der Waals surface area contributed by atoms with Gasteiger partial charge in [0.05, 0.1) is 5.52 Å². The van der Waals surface area contributed by atoms with Crippen LogP contribution >= 0.6 is 0 Å². The topological polar surface area (TPSA) is 45.1 Å². The molecule has 1 heterocycles. The number of benzene rings is 1. The molecule has 0 aliphatic rings. The lowest BCUT2D eigenvalue weighted by Crippen LogP contribution is -2.04. The summed E-state index contributed by atoms with van der Waals surface area (Å²) in [6.07, 6.45) is 0.760. The minimum Gasteiger partial charge on any atom is -0.396 e. The summed E-state index contributed by atoms with van der Waals surface area (Å²) in [4.78, 5) is 4.48. The summed E-state index contributed by atoms with van der Waals surface area (Å²) in [5, 5.41) is 13.2. The predicted octanol–water partition coefficient (Wildman–Crippen LogP) is 2.34. The molecule has 0 saturated heterocycles. The summed E-state index contributed by atoms with van der Waals surface area (Å²) in [6.45, 7) is 2.99. The number of aromatic nitrogens is 1. The summed E-state index contributed by atoms with van der Waals surface area (Å²) in [7, 11) is 0. The van der Waals surface area contributed by atoms with Gasteiger partial charge in [0, 0.05) is 29.9 Å². The first kappa shape index (κ1) is 10.9. The van der Waals surface area contributed by atoms with Crippen molar-refractivity contribution in [3.8, 4) is 0 Å². The van der Waals surface area contributed by atoms with Gasteiger partial charge in [-0.25, -0.2) is 0 Å². The Kier molecular flexibility index (Phi) is 3.37. The average molecular weight is 216 g/mol. The highest BCUT2D eigenvalue weighted by Crippen LogP contribution is 2.22. The van der Waals surface area contributed by atoms with Gasteiger partial charge in [0.1, 0.15) is 0 Å². The van der Waals surface area contributed by atoms with Crippen LogP contribution in [0.3, 0.4) is 0 Å². The number of aliphatic hydroxyl groups excluding tert-OH is 1. The van der Waals surface area contributed by atoms with Crippen LogP contribution in [0.4, 0.5) is 5.69 Å². The number of hydrogen-bond acceptors (Lipinski definition) is 3. The Hall–Kier alpha value is -1.61. The van der Waals surface area contributed by atoms with Crippen molar-refractivity contribution < 1.29 is 5.11 Å². The van der Waals surface area contributed by atoms with E-state index >= 15 is 0 Å². The van der Waals surface area contributed by atoms with Crippen molar-refractivity contribution in [3.63, 3.8) is 0 Å². The van der Waals surface area contributed by atoms with E-state index in [1.165, 1.54) is 0 Å². The predicted molar refractivity (Wildman–Crippen MR) is 66.7 cm³/mol. The molecule has 0 amide bonds. The number of anilines is 1. The van der Waals surface area contributed by atoms with Crippen LogP contribution < -0.4 is 5.32 Å². The van der Waals surface area contributed by atoms with E-state index < -0.39 is 0 Å². The lowest BCUT2D eigenvalue weighted by molar-refractivity contribution is 0.292. The lowest BCUT2D eigenvalue weighted by atomic mass is 10.1. The first-order valence-electron chi connectivity index (χ1n) is 5.52. The Balaban J connectivity index is 2.34. The number of fused-ring (bicyclic) bond motifs is 1. The molecular weight excluding hydrogens is 200 g/mol. The van der Waals surface area contributed by atoms with Crippen molar-refractivity contribution in [2.75, 3.05) is 18.5 Å². The quantitative estimate of drug-likeness (QED) is 0.771. The van der Waals surface area contributed by atoms with Crippen molar-refractivity contribution in [1.29, 1.82) is 0 Å². The standard InChI is InChI=1S/C13H16N2O/c1-10-9-13(14-7-4-8-16)11-5-2-3-6-12(11)15-10/h2-3,5-6,9,16H,4,7-8H2,1H3,(H,14,15). The van der Waals surface area contributed by atoms with Gasteiger partial charge in [-0.3, -0.25) is 4.98 Å². The molecule has 0 unspecified atom stereocenters. The van der Waals surface area contributed by atoms with Crippen LogP contribution in [0.15, 0.2) is 30.3 Å². The number of nitrogens with one attached hydrogen (secondary N) is 1. The molecular formula is C13H16N2O. The molecule has 2 rings (SSSR count). The van der Waals surface area contributed by atoms with Crippen LogP contribution in [0.2, 0.25) is 0 Å². The second-order valence-electron chi connectivity index (χ2n) is 3.83. The highest BCUT2D eigenvalue weighted by molar-refractivity contribution is 5.91. The minimum absolute atomic E-state index is 0.217. The molecule has 0 radical (unpaired) electrons. The molecule has 0 spiro atoms. The fourth-order valence-electron chi connectivity index (χ4n) is 1.76. The average Bonchev–Trinajstić information content (AvgIpc) is 2.29. The van der Waals surface area contributed by atoms with Gasteiger partial charge in [0.2, 0.25) is 0 Å². The number of pyridine rings is 1. The summed E-state index contributed by atoms with van der Waals surface area (Å²) in [5.74, 6) is 0. The number of aryl methyl sites for hydroxylation is 1. The molecule has 0 saturated carbocycles. The lowest BCUT2D eigenvalue weighted by Gasteiger charge is -2.09. The first-order valence-corrected chi connectivity index (χ1v) is 5.52. The molecule has 0 aliphatic carbocycles. The Morgan fingerprint density at radius 1 is 1.31 bits per heavy atom. The van der Waals surface area contributed by atoms with Gasteiger partial charge < -0.3 is 10.4 Å². The summed E-state index contributed by atoms with van der Waals surface area (Å²) in [6, 6.07) is 10.1. The zero-order valence-corrected chi connectivity index (χ0v) is 9.40. The first-order chi connectivity index (χ1) is 7.81. The highest BCUT2D eigenvalue weighted by Gasteiger charge is 2.02. The monoisotopic (exact) mass is 216 g/mol. The van der Waals surface area contributed by atoms with Crippen LogP contribution in [0.25, 0.3) is 10.9 Å². The third-order valence-electron chi connectivity index (χ3n) is 2.49. The number of para-hydroxylation sites is 1. The van der Waals surface area contributed by atoms with Gasteiger partial charge in [-0.05, 0) is 25.5 Å². The Morgan fingerprint density at radius 3 is 2.94 bits per heavy atom. The second kappa shape index (κ2) is 4.94. The second-order valence-corrected chi connectivity index (χ2v) is 3.83. The maximum absolute atomic E-state index is 8.76. The zero-order valence-electron chi connectivity index (χ0n) is 9.40. The molecule has 3 heteroatoms. The molecule has 0 fully saturated rings. The molecule has 1 aromatic carbocycles. The molecule has 0 aliphatic heterocycles. The van der Waals surface area contributed by atoms with E-state index in [0.717, 1.165) is 35.2 Å². The molecule has 16 heavy (non-hydrogen) atoms. The fourth-order valence-corrected chi connectivity index (χ4v) is 1.76. The molecule has 3 nitrogen and oxygen atoms in total. The van der Waals surface area contributed by atoms with Crippen LogP contribution in [-0.2, 0) is 0 Å². The highest BCUT2D eigenvalue weighted by atomic mass is 16.3. The zero-order chi connectivity index (χ0) is 11.4. The maximum Gasteiger partial charge on any atom is 0.0725 e. The molecule has 2 aromatic rings. The van der Waals surface area contributed by atoms with E-state index in [1.54, 1.807) is 0 Å². The van der Waals surface area contributed by atoms with Crippen molar-refractivity contribution in [3.05, 3.63) is 36.0 Å². The third kappa shape index (κ3) is 2.31. The third-order valence-corrected chi connectivity index (χ3v) is 2.49. The van der Waals surface area contributed by atoms with Crippen molar-refractivity contribution >= 4 is 16.6 Å². The van der Waals surface area contributed by atoms with Crippen LogP contribution in [0.5, 0.6) is 0 Å². The number of aliphatic hydroxyl groups is 1. The van der Waals surface area contributed by atoms with E-state index in [1.807, 2.05) is 31.2 Å². The SMILES string of the molecule is Cc1cc(NCCCO)c2ccccc2n1.